The molecule has 0 bridgehead atoms. The predicted molar refractivity (Wildman–Crippen MR) is 124 cm³/mol. The molecule has 0 spiro atoms. The summed E-state index contributed by atoms with van der Waals surface area (Å²) in [7, 11) is 1.72. The van der Waals surface area contributed by atoms with E-state index in [1.165, 1.54) is 11.0 Å². The van der Waals surface area contributed by atoms with Crippen LogP contribution in [0.4, 0.5) is 20.7 Å². The Bertz CT molecular complexity index is 1360. The third-order valence-electron chi connectivity index (χ3n) is 5.54. The van der Waals surface area contributed by atoms with Gasteiger partial charge in [-0.15, -0.1) is 0 Å². The van der Waals surface area contributed by atoms with Gasteiger partial charge in [0.15, 0.2) is 5.82 Å². The lowest BCUT2D eigenvalue weighted by Crippen LogP contribution is -2.49. The van der Waals surface area contributed by atoms with Gasteiger partial charge in [-0.1, -0.05) is 60.7 Å². The molecule has 7 nitrogen and oxygen atoms in total. The van der Waals surface area contributed by atoms with Crippen LogP contribution in [-0.2, 0) is 11.8 Å². The molecule has 5 rings (SSSR count). The third kappa shape index (κ3) is 3.87. The molecule has 1 saturated heterocycles. The molecule has 1 aromatic heterocycles. The van der Waals surface area contributed by atoms with Crippen molar-refractivity contribution in [1.82, 2.24) is 15.1 Å². The van der Waals surface area contributed by atoms with E-state index in [9.17, 15) is 9.59 Å². The Morgan fingerprint density at radius 1 is 1.00 bits per heavy atom. The van der Waals surface area contributed by atoms with Crippen LogP contribution in [0.25, 0.3) is 10.9 Å². The van der Waals surface area contributed by atoms with Crippen molar-refractivity contribution in [3.63, 3.8) is 0 Å². The topological polar surface area (TPSA) is 79.6 Å². The van der Waals surface area contributed by atoms with E-state index >= 15 is 4.39 Å². The maximum absolute atomic E-state index is 15.3. The summed E-state index contributed by atoms with van der Waals surface area (Å²) >= 11 is 0. The van der Waals surface area contributed by atoms with E-state index in [-0.39, 0.29) is 24.6 Å². The second-order valence-corrected chi connectivity index (χ2v) is 7.72. The standard InChI is InChI=1S/C25H20FN5O2/c1-30-21-15-20(27-23(16-8-4-2-5-9-16)17-10-6-3-7-11-17)19(26)14-18(21)24(29-30)31-13-12-22(32)28-25(31)33/h2-11,14-15H,12-13H2,1H3,(H,28,32,33). The number of carbonyl (C=O) groups is 2. The van der Waals surface area contributed by atoms with E-state index in [0.29, 0.717) is 22.4 Å². The predicted octanol–water partition coefficient (Wildman–Crippen LogP) is 4.33. The first kappa shape index (κ1) is 20.6. The van der Waals surface area contributed by atoms with Crippen LogP contribution < -0.4 is 10.2 Å². The first-order valence-corrected chi connectivity index (χ1v) is 10.5. The molecule has 3 aromatic carbocycles. The number of nitrogens with one attached hydrogen (secondary N) is 1. The van der Waals surface area contributed by atoms with Crippen LogP contribution >= 0.6 is 0 Å². The lowest BCUT2D eigenvalue weighted by atomic mass is 10.0. The summed E-state index contributed by atoms with van der Waals surface area (Å²) < 4.78 is 16.9. The Morgan fingerprint density at radius 3 is 2.24 bits per heavy atom. The zero-order valence-corrected chi connectivity index (χ0v) is 17.8. The van der Waals surface area contributed by atoms with E-state index in [2.05, 4.69) is 10.4 Å². The Labute approximate surface area is 189 Å². The molecule has 1 N–H and O–H groups in total. The number of aryl methyl sites for hydroxylation is 1. The monoisotopic (exact) mass is 441 g/mol. The molecule has 0 radical (unpaired) electrons. The zero-order chi connectivity index (χ0) is 22.9. The summed E-state index contributed by atoms with van der Waals surface area (Å²) in [6.07, 6.45) is 0.159. The summed E-state index contributed by atoms with van der Waals surface area (Å²) in [6.45, 7) is 0.185. The highest BCUT2D eigenvalue weighted by Gasteiger charge is 2.28. The van der Waals surface area contributed by atoms with Crippen molar-refractivity contribution in [2.45, 2.75) is 6.42 Å². The van der Waals surface area contributed by atoms with E-state index in [0.717, 1.165) is 11.1 Å². The normalized spacial score (nSPS) is 13.8. The summed E-state index contributed by atoms with van der Waals surface area (Å²) in [5, 5.41) is 7.17. The van der Waals surface area contributed by atoms with Gasteiger partial charge in [0.05, 0.1) is 11.2 Å². The quantitative estimate of drug-likeness (QED) is 0.479. The van der Waals surface area contributed by atoms with E-state index < -0.39 is 11.8 Å². The number of aliphatic imine (C=N–C) groups is 1. The molecule has 164 valence electrons. The average Bonchev–Trinajstić information content (AvgIpc) is 3.13. The zero-order valence-electron chi connectivity index (χ0n) is 17.8. The van der Waals surface area contributed by atoms with Gasteiger partial charge in [-0.2, -0.15) is 5.10 Å². The first-order valence-electron chi connectivity index (χ1n) is 10.5. The molecule has 0 unspecified atom stereocenters. The Kier molecular flexibility index (Phi) is 5.18. The second kappa shape index (κ2) is 8.31. The van der Waals surface area contributed by atoms with Crippen molar-refractivity contribution >= 4 is 40.1 Å². The van der Waals surface area contributed by atoms with Gasteiger partial charge in [0, 0.05) is 36.5 Å². The fraction of sp³-hybridized carbons (Fsp3) is 0.120. The highest BCUT2D eigenvalue weighted by atomic mass is 19.1. The van der Waals surface area contributed by atoms with Crippen molar-refractivity contribution in [3.8, 4) is 0 Å². The number of halogens is 1. The summed E-state index contributed by atoms with van der Waals surface area (Å²) in [5.41, 5.74) is 3.16. The van der Waals surface area contributed by atoms with Crippen LogP contribution in [0.2, 0.25) is 0 Å². The fourth-order valence-electron chi connectivity index (χ4n) is 3.91. The van der Waals surface area contributed by atoms with Crippen LogP contribution in [0.3, 0.4) is 0 Å². The Balaban J connectivity index is 1.64. The highest BCUT2D eigenvalue weighted by molar-refractivity contribution is 6.14. The molecule has 1 fully saturated rings. The van der Waals surface area contributed by atoms with E-state index in [1.807, 2.05) is 60.7 Å². The van der Waals surface area contributed by atoms with Crippen LogP contribution in [0.15, 0.2) is 77.8 Å². The molecule has 1 aliphatic heterocycles. The van der Waals surface area contributed by atoms with Gasteiger partial charge >= 0.3 is 6.03 Å². The average molecular weight is 441 g/mol. The number of anilines is 1. The molecule has 3 amide bonds. The van der Waals surface area contributed by atoms with Crippen LogP contribution in [0, 0.1) is 5.82 Å². The first-order chi connectivity index (χ1) is 16.0. The van der Waals surface area contributed by atoms with E-state index in [1.54, 1.807) is 17.8 Å². The smallest absolute Gasteiger partial charge is 0.278 e. The van der Waals surface area contributed by atoms with Crippen molar-refractivity contribution < 1.29 is 14.0 Å². The number of amides is 3. The fourth-order valence-corrected chi connectivity index (χ4v) is 3.91. The number of carbonyl (C=O) groups excluding carboxylic acids is 2. The van der Waals surface area contributed by atoms with Crippen LogP contribution in [0.5, 0.6) is 0 Å². The van der Waals surface area contributed by atoms with Gasteiger partial charge < -0.3 is 0 Å². The van der Waals surface area contributed by atoms with Crippen LogP contribution in [-0.4, -0.2) is 34.0 Å². The Hall–Kier alpha value is -4.33. The molecule has 8 heteroatoms. The van der Waals surface area contributed by atoms with Gasteiger partial charge in [0.25, 0.3) is 0 Å². The van der Waals surface area contributed by atoms with Gasteiger partial charge in [0.2, 0.25) is 5.91 Å². The highest BCUT2D eigenvalue weighted by Crippen LogP contribution is 2.33. The lowest BCUT2D eigenvalue weighted by molar-refractivity contribution is -0.120. The molecule has 0 saturated carbocycles. The van der Waals surface area contributed by atoms with Gasteiger partial charge in [-0.3, -0.25) is 19.7 Å². The largest absolute Gasteiger partial charge is 0.329 e. The van der Waals surface area contributed by atoms with Crippen molar-refractivity contribution in [2.75, 3.05) is 11.4 Å². The summed E-state index contributed by atoms with van der Waals surface area (Å²) in [4.78, 5) is 29.8. The van der Waals surface area contributed by atoms with Crippen molar-refractivity contribution in [2.24, 2.45) is 12.0 Å². The van der Waals surface area contributed by atoms with Crippen molar-refractivity contribution in [3.05, 3.63) is 89.7 Å². The number of imide groups is 1. The molecule has 2 heterocycles. The number of rotatable bonds is 4. The maximum atomic E-state index is 15.3. The Morgan fingerprint density at radius 2 is 1.64 bits per heavy atom. The van der Waals surface area contributed by atoms with Gasteiger partial charge in [-0.25, -0.2) is 14.2 Å². The molecule has 0 aliphatic carbocycles. The number of benzene rings is 3. The molecular weight excluding hydrogens is 421 g/mol. The number of nitrogens with zero attached hydrogens (tertiary/aromatic N) is 4. The number of aromatic nitrogens is 2. The third-order valence-corrected chi connectivity index (χ3v) is 5.54. The number of fused-ring (bicyclic) bond motifs is 1. The van der Waals surface area contributed by atoms with Gasteiger partial charge in [0.1, 0.15) is 11.5 Å². The lowest BCUT2D eigenvalue weighted by Gasteiger charge is -2.24. The van der Waals surface area contributed by atoms with Gasteiger partial charge in [-0.05, 0) is 12.1 Å². The van der Waals surface area contributed by atoms with Crippen molar-refractivity contribution in [1.29, 1.82) is 0 Å². The molecular formula is C25H20FN5O2. The number of hydrogen-bond acceptors (Lipinski definition) is 4. The minimum absolute atomic E-state index is 0.159. The SMILES string of the molecule is Cn1nc(N2CCC(=O)NC2=O)c2cc(F)c(N=C(c3ccccc3)c3ccccc3)cc21. The van der Waals surface area contributed by atoms with Crippen LogP contribution in [0.1, 0.15) is 17.5 Å². The molecule has 4 aromatic rings. The molecule has 0 atom stereocenters. The number of urea groups is 1. The molecule has 1 aliphatic rings. The summed E-state index contributed by atoms with van der Waals surface area (Å²) in [6, 6.07) is 21.6. The minimum atomic E-state index is -0.566. The van der Waals surface area contributed by atoms with E-state index in [4.69, 9.17) is 4.99 Å². The number of hydrogen-bond donors (Lipinski definition) is 1. The second-order valence-electron chi connectivity index (χ2n) is 7.72. The minimum Gasteiger partial charge on any atom is -0.278 e. The molecule has 33 heavy (non-hydrogen) atoms. The summed E-state index contributed by atoms with van der Waals surface area (Å²) in [5.74, 6) is -0.568. The maximum Gasteiger partial charge on any atom is 0.329 e.